The Kier molecular flexibility index (Phi) is 2.68. The van der Waals surface area contributed by atoms with Crippen molar-refractivity contribution < 1.29 is 13.2 Å². The Morgan fingerprint density at radius 1 is 1.42 bits per heavy atom. The fraction of sp³-hybridized carbons (Fsp3) is 0.143. The van der Waals surface area contributed by atoms with Crippen LogP contribution < -0.4 is 0 Å². The summed E-state index contributed by atoms with van der Waals surface area (Å²) in [7, 11) is 0. The Morgan fingerprint density at radius 2 is 2.00 bits per heavy atom. The minimum Gasteiger partial charge on any atom is -0.166 e. The lowest BCUT2D eigenvalue weighted by Gasteiger charge is -2.09. The molecule has 1 aromatic carbocycles. The third-order valence-corrected chi connectivity index (χ3v) is 2.12. The molecule has 0 aliphatic carbocycles. The number of halogens is 5. The first kappa shape index (κ1) is 9.86. The summed E-state index contributed by atoms with van der Waals surface area (Å²) >= 11 is 8.07. The number of hydrogen-bond donors (Lipinski definition) is 0. The summed E-state index contributed by atoms with van der Waals surface area (Å²) in [5.74, 6) is 0. The maximum atomic E-state index is 12.2. The van der Waals surface area contributed by atoms with E-state index in [1.807, 2.05) is 0 Å². The summed E-state index contributed by atoms with van der Waals surface area (Å²) in [5, 5.41) is -0.326. The summed E-state index contributed by atoms with van der Waals surface area (Å²) in [6.07, 6.45) is -4.44. The van der Waals surface area contributed by atoms with Crippen molar-refractivity contribution in [1.29, 1.82) is 0 Å². The molecule has 1 rings (SSSR count). The standard InChI is InChI=1S/C7H2BrClF3/c8-4-2-1-3-5(9)6(4)7(10,11)12/h1,3H. The van der Waals surface area contributed by atoms with E-state index in [-0.39, 0.29) is 9.50 Å². The van der Waals surface area contributed by atoms with Gasteiger partial charge in [0, 0.05) is 4.47 Å². The number of hydrogen-bond acceptors (Lipinski definition) is 0. The second-order valence-corrected chi connectivity index (χ2v) is 3.21. The zero-order valence-corrected chi connectivity index (χ0v) is 7.89. The topological polar surface area (TPSA) is 0 Å². The third-order valence-electron chi connectivity index (χ3n) is 1.18. The zero-order chi connectivity index (χ0) is 9.35. The summed E-state index contributed by atoms with van der Waals surface area (Å²) < 4.78 is 36.4. The summed E-state index contributed by atoms with van der Waals surface area (Å²) in [5.41, 5.74) is -0.883. The van der Waals surface area contributed by atoms with E-state index in [9.17, 15) is 13.2 Å². The van der Waals surface area contributed by atoms with Crippen LogP contribution in [0.4, 0.5) is 13.2 Å². The molecule has 0 saturated heterocycles. The molecule has 5 heteroatoms. The number of benzene rings is 1. The van der Waals surface area contributed by atoms with Gasteiger partial charge < -0.3 is 0 Å². The van der Waals surface area contributed by atoms with Crippen molar-refractivity contribution >= 4 is 27.5 Å². The van der Waals surface area contributed by atoms with Gasteiger partial charge >= 0.3 is 6.18 Å². The molecule has 1 radical (unpaired) electrons. The van der Waals surface area contributed by atoms with Gasteiger partial charge in [-0.05, 0) is 28.1 Å². The van der Waals surface area contributed by atoms with Gasteiger partial charge in [-0.2, -0.15) is 13.2 Å². The predicted molar refractivity (Wildman–Crippen MR) is 43.0 cm³/mol. The number of alkyl halides is 3. The van der Waals surface area contributed by atoms with Gasteiger partial charge in [0.15, 0.2) is 0 Å². The summed E-state index contributed by atoms with van der Waals surface area (Å²) in [4.78, 5) is 0. The molecule has 0 fully saturated rings. The van der Waals surface area contributed by atoms with E-state index in [0.29, 0.717) is 0 Å². The van der Waals surface area contributed by atoms with Crippen LogP contribution in [0.5, 0.6) is 0 Å². The number of rotatable bonds is 0. The lowest BCUT2D eigenvalue weighted by molar-refractivity contribution is -0.138. The Morgan fingerprint density at radius 3 is 2.33 bits per heavy atom. The van der Waals surface area contributed by atoms with E-state index < -0.39 is 11.7 Å². The molecule has 0 aliphatic rings. The van der Waals surface area contributed by atoms with Crippen molar-refractivity contribution in [2.45, 2.75) is 6.18 Å². The molecule has 0 bridgehead atoms. The Bertz CT molecular complexity index is 275. The molecular weight excluding hydrogens is 256 g/mol. The molecule has 0 unspecified atom stereocenters. The molecule has 0 aromatic heterocycles. The Labute approximate surface area is 80.5 Å². The van der Waals surface area contributed by atoms with Crippen LogP contribution in [0.1, 0.15) is 5.56 Å². The normalized spacial score (nSPS) is 11.8. The molecule has 0 nitrogen and oxygen atoms in total. The van der Waals surface area contributed by atoms with Crippen LogP contribution in [0.3, 0.4) is 0 Å². The minimum absolute atomic E-state index is 0.164. The third kappa shape index (κ3) is 1.93. The van der Waals surface area contributed by atoms with Crippen LogP contribution in [0, 0.1) is 6.07 Å². The van der Waals surface area contributed by atoms with Gasteiger partial charge in [0.25, 0.3) is 0 Å². The van der Waals surface area contributed by atoms with Crippen LogP contribution in [0.2, 0.25) is 5.02 Å². The van der Waals surface area contributed by atoms with E-state index in [0.717, 1.165) is 6.07 Å². The molecule has 0 N–H and O–H groups in total. The second-order valence-electron chi connectivity index (χ2n) is 2.01. The van der Waals surface area contributed by atoms with E-state index in [1.54, 1.807) is 0 Å². The minimum atomic E-state index is -4.44. The quantitative estimate of drug-likeness (QED) is 0.661. The fourth-order valence-electron chi connectivity index (χ4n) is 0.708. The van der Waals surface area contributed by atoms with E-state index >= 15 is 0 Å². The molecule has 0 aliphatic heterocycles. The molecule has 0 spiro atoms. The smallest absolute Gasteiger partial charge is 0.166 e. The van der Waals surface area contributed by atoms with Crippen molar-refractivity contribution in [3.63, 3.8) is 0 Å². The lowest BCUT2D eigenvalue weighted by atomic mass is 10.2. The monoisotopic (exact) mass is 257 g/mol. The largest absolute Gasteiger partial charge is 0.418 e. The highest BCUT2D eigenvalue weighted by atomic mass is 79.9. The van der Waals surface area contributed by atoms with Gasteiger partial charge in [-0.25, -0.2) is 0 Å². The molecular formula is C7H2BrClF3. The highest BCUT2D eigenvalue weighted by Crippen LogP contribution is 2.38. The van der Waals surface area contributed by atoms with Crippen molar-refractivity contribution in [2.75, 3.05) is 0 Å². The molecule has 65 valence electrons. The first-order chi connectivity index (χ1) is 5.43. The maximum absolute atomic E-state index is 12.2. The molecule has 0 atom stereocenters. The molecule has 12 heavy (non-hydrogen) atoms. The second kappa shape index (κ2) is 3.26. The average Bonchev–Trinajstić information content (AvgIpc) is 1.82. The molecule has 0 amide bonds. The Balaban J connectivity index is 3.31. The van der Waals surface area contributed by atoms with Gasteiger partial charge in [0.2, 0.25) is 0 Å². The van der Waals surface area contributed by atoms with Gasteiger partial charge in [0.1, 0.15) is 0 Å². The van der Waals surface area contributed by atoms with E-state index in [4.69, 9.17) is 11.6 Å². The first-order valence-corrected chi connectivity index (χ1v) is 4.03. The predicted octanol–water partition coefficient (Wildman–Crippen LogP) is 3.92. The van der Waals surface area contributed by atoms with Gasteiger partial charge in [0.05, 0.1) is 10.6 Å². The van der Waals surface area contributed by atoms with Crippen LogP contribution in [0.25, 0.3) is 0 Å². The molecule has 0 saturated carbocycles. The Hall–Kier alpha value is -0.220. The maximum Gasteiger partial charge on any atom is 0.418 e. The van der Waals surface area contributed by atoms with Gasteiger partial charge in [-0.1, -0.05) is 17.7 Å². The van der Waals surface area contributed by atoms with Crippen molar-refractivity contribution in [2.24, 2.45) is 0 Å². The summed E-state index contributed by atoms with van der Waals surface area (Å²) in [6, 6.07) is 4.83. The van der Waals surface area contributed by atoms with E-state index in [2.05, 4.69) is 22.0 Å². The first-order valence-electron chi connectivity index (χ1n) is 2.86. The van der Waals surface area contributed by atoms with Crippen LogP contribution in [-0.2, 0) is 6.18 Å². The van der Waals surface area contributed by atoms with Gasteiger partial charge in [-0.3, -0.25) is 0 Å². The van der Waals surface area contributed by atoms with Crippen LogP contribution in [0.15, 0.2) is 16.6 Å². The van der Waals surface area contributed by atoms with Crippen LogP contribution in [-0.4, -0.2) is 0 Å². The lowest BCUT2D eigenvalue weighted by Crippen LogP contribution is -2.06. The van der Waals surface area contributed by atoms with Crippen molar-refractivity contribution in [1.82, 2.24) is 0 Å². The van der Waals surface area contributed by atoms with Crippen molar-refractivity contribution in [3.05, 3.63) is 33.3 Å². The molecule has 0 heterocycles. The highest BCUT2D eigenvalue weighted by molar-refractivity contribution is 9.10. The highest BCUT2D eigenvalue weighted by Gasteiger charge is 2.35. The zero-order valence-electron chi connectivity index (χ0n) is 5.54. The average molecular weight is 258 g/mol. The van der Waals surface area contributed by atoms with Gasteiger partial charge in [-0.15, -0.1) is 0 Å². The summed E-state index contributed by atoms with van der Waals surface area (Å²) in [6.45, 7) is 0. The fourth-order valence-corrected chi connectivity index (χ4v) is 1.66. The van der Waals surface area contributed by atoms with E-state index in [1.165, 1.54) is 6.07 Å². The van der Waals surface area contributed by atoms with Crippen LogP contribution >= 0.6 is 27.5 Å². The SMILES string of the molecule is FC(F)(F)c1c(Br)[c]ccc1Cl. The van der Waals surface area contributed by atoms with Crippen molar-refractivity contribution in [3.8, 4) is 0 Å². The molecule has 1 aromatic rings.